The molecule has 0 aliphatic carbocycles. The van der Waals surface area contributed by atoms with E-state index in [0.717, 1.165) is 0 Å². The van der Waals surface area contributed by atoms with Crippen molar-refractivity contribution in [3.8, 4) is 0 Å². The van der Waals surface area contributed by atoms with E-state index < -0.39 is 138 Å². The van der Waals surface area contributed by atoms with Crippen molar-refractivity contribution in [1.29, 1.82) is 0 Å². The molecule has 0 fully saturated rings. The molecule has 0 amide bonds. The first-order valence-corrected chi connectivity index (χ1v) is 29.3. The molecule has 0 aliphatic rings. The van der Waals surface area contributed by atoms with Gasteiger partial charge in [-0.3, -0.25) is 66.9 Å². The molecule has 0 aromatic heterocycles. The Balaban J connectivity index is -0.0000000172. The first-order chi connectivity index (χ1) is 26.0. The predicted molar refractivity (Wildman–Crippen MR) is 167 cm³/mol. The van der Waals surface area contributed by atoms with Crippen molar-refractivity contribution in [2.24, 2.45) is 0 Å². The van der Waals surface area contributed by atoms with Gasteiger partial charge in [-0.1, -0.05) is 0 Å². The summed E-state index contributed by atoms with van der Waals surface area (Å²) in [5.74, 6) is 0. The van der Waals surface area contributed by atoms with Crippen LogP contribution < -0.4 is 88.7 Å². The molecule has 45 nitrogen and oxygen atoms in total. The third kappa shape index (κ3) is 25700. The monoisotopic (exact) mass is 1240 g/mol. The van der Waals surface area contributed by atoms with Gasteiger partial charge in [0, 0.05) is 0 Å². The van der Waals surface area contributed by atoms with Crippen molar-refractivity contribution >= 4 is 138 Å². The molecule has 30 N–H and O–H groups in total. The van der Waals surface area contributed by atoms with Crippen LogP contribution in [0, 0.1) is 0 Å². The Hall–Kier alpha value is -2.75. The van der Waals surface area contributed by atoms with Crippen LogP contribution >= 0.6 is 0 Å². The van der Waals surface area contributed by atoms with E-state index in [-0.39, 0.29) is 93.0 Å². The maximum atomic E-state index is 8.74. The van der Waals surface area contributed by atoms with E-state index in [2.05, 4.69) is 0 Å². The molecule has 63 heteroatoms. The summed E-state index contributed by atoms with van der Waals surface area (Å²) in [6.45, 7) is 0. The Morgan fingerprint density at radius 2 is 0.127 bits per heavy atom. The molecule has 0 heterocycles. The zero-order valence-electron chi connectivity index (χ0n) is 33.0. The van der Waals surface area contributed by atoms with Crippen LogP contribution in [0.4, 0.5) is 0 Å². The van der Waals surface area contributed by atoms with Crippen LogP contribution in [0.2, 0.25) is 0 Å². The first kappa shape index (κ1) is 118. The summed E-state index contributed by atoms with van der Waals surface area (Å²) in [5, 5.41) is 0. The quantitative estimate of drug-likeness (QED) is 0.100. The molecule has 0 aromatic carbocycles. The fourth-order valence-electron chi connectivity index (χ4n) is 0. The molecule has 0 radical (unpaired) electrons. The van der Waals surface area contributed by atoms with Gasteiger partial charge < -0.3 is 148 Å². The SMILES string of the molecule is O=[Si](O)O.O=[Si](O)O.O=[Si](O)O.O=[Si](O)O.O=[Si](O)O.O=[Si](O)O.O=[Si](O)O.O=[Si](O)O.O=[Si](O)O.O=[Si](O)O.O=[Si](O)O.O=[Si](O)O.O=[Si](O)O.O=[Si](O)O.O=[Si](O)O.[H-].[H-].[H-].[Na+].[Na+].[Na+]. The fourth-order valence-corrected chi connectivity index (χ4v) is 0. The van der Waals surface area contributed by atoms with Crippen molar-refractivity contribution in [1.82, 2.24) is 0 Å². The van der Waals surface area contributed by atoms with Crippen LogP contribution in [0.1, 0.15) is 4.28 Å². The van der Waals surface area contributed by atoms with Gasteiger partial charge >= 0.3 is 226 Å². The summed E-state index contributed by atoms with van der Waals surface area (Å²) in [4.78, 5) is 215. The zero-order valence-corrected chi connectivity index (χ0v) is 51.0. The smallest absolute Gasteiger partial charge is 1.00 e. The third-order valence-electron chi connectivity index (χ3n) is 0. The second-order valence-corrected chi connectivity index (χ2v) is 12.7. The van der Waals surface area contributed by atoms with Gasteiger partial charge in [-0.25, -0.2) is 0 Å². The average Bonchev–Trinajstić information content (AvgIpc) is 2.78. The maximum absolute atomic E-state index is 8.74. The van der Waals surface area contributed by atoms with Gasteiger partial charge in [0.05, 0.1) is 0 Å². The Morgan fingerprint density at radius 3 is 0.127 bits per heavy atom. The summed E-state index contributed by atoms with van der Waals surface area (Å²) < 4.78 is 131. The largest absolute Gasteiger partial charge is 1.00 e. The molecule has 0 unspecified atom stereocenters. The van der Waals surface area contributed by atoms with Gasteiger partial charge in [0.25, 0.3) is 0 Å². The molecule has 0 saturated carbocycles. The minimum Gasteiger partial charge on any atom is -1.00 e. The van der Waals surface area contributed by atoms with Crippen molar-refractivity contribution in [2.45, 2.75) is 0 Å². The van der Waals surface area contributed by atoms with Gasteiger partial charge in [0.1, 0.15) is 0 Å². The maximum Gasteiger partial charge on any atom is 1.00 e. The Morgan fingerprint density at radius 1 is 0.127 bits per heavy atom. The van der Waals surface area contributed by atoms with Gasteiger partial charge in [0.2, 0.25) is 0 Å². The molecule has 0 aliphatic heterocycles. The molecule has 0 spiro atoms. The van der Waals surface area contributed by atoms with Crippen LogP contribution in [0.3, 0.4) is 0 Å². The van der Waals surface area contributed by atoms with Crippen molar-refractivity contribution in [2.75, 3.05) is 0 Å². The van der Waals surface area contributed by atoms with Crippen LogP contribution in [0.25, 0.3) is 0 Å². The van der Waals surface area contributed by atoms with E-state index in [1.165, 1.54) is 0 Å². The summed E-state index contributed by atoms with van der Waals surface area (Å²) >= 11 is 0. The van der Waals surface area contributed by atoms with Crippen LogP contribution in [-0.2, 0) is 66.9 Å². The van der Waals surface area contributed by atoms with Gasteiger partial charge in [-0.05, 0) is 0 Å². The Bertz CT molecular complexity index is 781. The third-order valence-corrected chi connectivity index (χ3v) is 0. The Kier molecular flexibility index (Phi) is 212. The van der Waals surface area contributed by atoms with E-state index in [0.29, 0.717) is 0 Å². The second-order valence-electron chi connectivity index (χ2n) is 4.24. The standard InChI is InChI=1S/3Na.15H2O3Si.3H/c;;;15*1-4(2)3;;;/h;;;15*1-2H;;;/q3*+1;;;;;;;;;;;;;;;;3*-1. The van der Waals surface area contributed by atoms with Gasteiger partial charge in [-0.15, -0.1) is 0 Å². The normalized spacial score (nSPS) is 5.71. The van der Waals surface area contributed by atoms with Gasteiger partial charge in [-0.2, -0.15) is 0 Å². The molecule has 0 atom stereocenters. The molecule has 366 valence electrons. The average molecular weight is 1240 g/mol. The second kappa shape index (κ2) is 113. The fraction of sp³-hybridized carbons (Fsp3) is 0. The number of hydrogen-bond donors (Lipinski definition) is 30. The van der Waals surface area contributed by atoms with Gasteiger partial charge in [0.15, 0.2) is 0 Å². The summed E-state index contributed by atoms with van der Waals surface area (Å²) in [6.07, 6.45) is 0. The topological polar surface area (TPSA) is 863 Å². The van der Waals surface area contributed by atoms with Crippen LogP contribution in [0.15, 0.2) is 0 Å². The van der Waals surface area contributed by atoms with Crippen molar-refractivity contribution in [3.63, 3.8) is 0 Å². The van der Waals surface area contributed by atoms with Crippen LogP contribution in [0.5, 0.6) is 0 Å². The summed E-state index contributed by atoms with van der Waals surface area (Å²) in [6, 6.07) is 0. The van der Waals surface area contributed by atoms with E-state index >= 15 is 0 Å². The molecular weight excluding hydrogens is 1210 g/mol. The Labute approximate surface area is 437 Å². The first-order valence-electron chi connectivity index (χ1n) is 9.77. The summed E-state index contributed by atoms with van der Waals surface area (Å²) in [7, 11) is -46.9. The molecule has 0 rings (SSSR count). The van der Waals surface area contributed by atoms with E-state index in [1.807, 2.05) is 0 Å². The minimum atomic E-state index is -3.13. The molecular formula is H33Na3O45Si15. The molecule has 0 bridgehead atoms. The van der Waals surface area contributed by atoms with Crippen LogP contribution in [-0.4, -0.2) is 281 Å². The molecule has 0 saturated heterocycles. The summed E-state index contributed by atoms with van der Waals surface area (Å²) in [5.41, 5.74) is 0. The van der Waals surface area contributed by atoms with E-state index in [9.17, 15) is 0 Å². The predicted octanol–water partition coefficient (Wildman–Crippen LogP) is -32.9. The minimum absolute atomic E-state index is 0. The van der Waals surface area contributed by atoms with E-state index in [1.54, 1.807) is 0 Å². The van der Waals surface area contributed by atoms with E-state index in [4.69, 9.17) is 211 Å². The number of hydrogen-bond acceptors (Lipinski definition) is 15. The molecule has 63 heavy (non-hydrogen) atoms. The number of rotatable bonds is 0. The van der Waals surface area contributed by atoms with Crippen molar-refractivity contribution < 1.29 is 304 Å². The van der Waals surface area contributed by atoms with Crippen molar-refractivity contribution in [3.05, 3.63) is 0 Å². The zero-order chi connectivity index (χ0) is 53.7. The molecule has 0 aromatic rings.